The second kappa shape index (κ2) is 4.92. The average Bonchev–Trinajstić information content (AvgIpc) is 3.03. The largest absolute Gasteiger partial charge is 0.359 e. The molecule has 2 amide bonds. The second-order valence-corrected chi connectivity index (χ2v) is 5.73. The van der Waals surface area contributed by atoms with Gasteiger partial charge in [0.1, 0.15) is 0 Å². The molecule has 1 aromatic heterocycles. The third-order valence-corrected chi connectivity index (χ3v) is 4.14. The molecule has 108 valence electrons. The van der Waals surface area contributed by atoms with Crippen LogP contribution in [0.25, 0.3) is 0 Å². The molecule has 2 aliphatic rings. The Labute approximate surface area is 118 Å². The highest BCUT2D eigenvalue weighted by Gasteiger charge is 2.36. The van der Waals surface area contributed by atoms with E-state index in [1.54, 1.807) is 16.6 Å². The van der Waals surface area contributed by atoms with Crippen LogP contribution in [0.1, 0.15) is 41.2 Å². The summed E-state index contributed by atoms with van der Waals surface area (Å²) in [6.07, 6.45) is 4.80. The van der Waals surface area contributed by atoms with E-state index in [4.69, 9.17) is 0 Å². The Kier molecular flexibility index (Phi) is 3.23. The predicted octanol–water partition coefficient (Wildman–Crippen LogP) is 0.506. The summed E-state index contributed by atoms with van der Waals surface area (Å²) in [6.45, 7) is 1.16. The molecular formula is C14H20N4O2. The fourth-order valence-corrected chi connectivity index (χ4v) is 2.86. The summed E-state index contributed by atoms with van der Waals surface area (Å²) >= 11 is 0. The van der Waals surface area contributed by atoms with Gasteiger partial charge in [0.25, 0.3) is 5.91 Å². The van der Waals surface area contributed by atoms with Crippen molar-refractivity contribution in [2.75, 3.05) is 20.1 Å². The SMILES string of the molecule is CNC(=O)C1CCN(C(=O)c2cn(C)nc2C2CC2)C1. The Morgan fingerprint density at radius 1 is 1.35 bits per heavy atom. The lowest BCUT2D eigenvalue weighted by molar-refractivity contribution is -0.124. The minimum atomic E-state index is -0.0787. The van der Waals surface area contributed by atoms with E-state index < -0.39 is 0 Å². The Bertz CT molecular complexity index is 547. The molecule has 1 saturated heterocycles. The van der Waals surface area contributed by atoms with Crippen molar-refractivity contribution in [3.05, 3.63) is 17.5 Å². The molecule has 6 nitrogen and oxygen atoms in total. The Balaban J connectivity index is 1.75. The predicted molar refractivity (Wildman–Crippen MR) is 73.3 cm³/mol. The molecule has 2 fully saturated rings. The van der Waals surface area contributed by atoms with Crippen molar-refractivity contribution < 1.29 is 9.59 Å². The van der Waals surface area contributed by atoms with Crippen LogP contribution in [0.4, 0.5) is 0 Å². The van der Waals surface area contributed by atoms with Crippen molar-refractivity contribution in [2.24, 2.45) is 13.0 Å². The minimum absolute atomic E-state index is 0.0198. The van der Waals surface area contributed by atoms with Crippen LogP contribution < -0.4 is 5.32 Å². The summed E-state index contributed by atoms with van der Waals surface area (Å²) < 4.78 is 1.72. The van der Waals surface area contributed by atoms with Crippen LogP contribution in [0.5, 0.6) is 0 Å². The fraction of sp³-hybridized carbons (Fsp3) is 0.643. The number of amides is 2. The number of hydrogen-bond acceptors (Lipinski definition) is 3. The van der Waals surface area contributed by atoms with E-state index in [0.29, 0.717) is 24.6 Å². The number of nitrogens with one attached hydrogen (secondary N) is 1. The van der Waals surface area contributed by atoms with Crippen molar-refractivity contribution in [3.8, 4) is 0 Å². The van der Waals surface area contributed by atoms with E-state index in [-0.39, 0.29) is 17.7 Å². The van der Waals surface area contributed by atoms with Crippen LogP contribution in [0, 0.1) is 5.92 Å². The highest BCUT2D eigenvalue weighted by Crippen LogP contribution is 2.41. The first-order valence-corrected chi connectivity index (χ1v) is 7.14. The van der Waals surface area contributed by atoms with Crippen LogP contribution >= 0.6 is 0 Å². The fourth-order valence-electron chi connectivity index (χ4n) is 2.86. The smallest absolute Gasteiger partial charge is 0.257 e. The molecule has 1 aromatic rings. The molecule has 1 saturated carbocycles. The standard InChI is InChI=1S/C14H20N4O2/c1-15-13(19)10-5-6-18(7-10)14(20)11-8-17(2)16-12(11)9-3-4-9/h8-10H,3-7H2,1-2H3,(H,15,19). The van der Waals surface area contributed by atoms with E-state index in [9.17, 15) is 9.59 Å². The van der Waals surface area contributed by atoms with Crippen molar-refractivity contribution in [2.45, 2.75) is 25.2 Å². The summed E-state index contributed by atoms with van der Waals surface area (Å²) in [4.78, 5) is 26.0. The van der Waals surface area contributed by atoms with Crippen LogP contribution in [0.15, 0.2) is 6.20 Å². The van der Waals surface area contributed by atoms with E-state index in [0.717, 1.165) is 25.0 Å². The van der Waals surface area contributed by atoms with Gasteiger partial charge in [-0.15, -0.1) is 0 Å². The lowest BCUT2D eigenvalue weighted by Crippen LogP contribution is -2.33. The highest BCUT2D eigenvalue weighted by atomic mass is 16.2. The lowest BCUT2D eigenvalue weighted by atomic mass is 10.1. The van der Waals surface area contributed by atoms with E-state index >= 15 is 0 Å². The maximum atomic E-state index is 12.6. The maximum absolute atomic E-state index is 12.6. The maximum Gasteiger partial charge on any atom is 0.257 e. The molecule has 20 heavy (non-hydrogen) atoms. The van der Waals surface area contributed by atoms with Gasteiger partial charge in [0.05, 0.1) is 17.2 Å². The zero-order valence-corrected chi connectivity index (χ0v) is 11.9. The molecule has 0 aromatic carbocycles. The summed E-state index contributed by atoms with van der Waals surface area (Å²) in [7, 11) is 3.49. The zero-order chi connectivity index (χ0) is 14.3. The quantitative estimate of drug-likeness (QED) is 0.874. The molecule has 1 aliphatic heterocycles. The number of rotatable bonds is 3. The van der Waals surface area contributed by atoms with Gasteiger partial charge in [0.15, 0.2) is 0 Å². The Morgan fingerprint density at radius 2 is 2.10 bits per heavy atom. The van der Waals surface area contributed by atoms with Gasteiger partial charge in [-0.05, 0) is 19.3 Å². The van der Waals surface area contributed by atoms with Crippen LogP contribution in [0.2, 0.25) is 0 Å². The molecule has 3 rings (SSSR count). The van der Waals surface area contributed by atoms with Gasteiger partial charge < -0.3 is 10.2 Å². The zero-order valence-electron chi connectivity index (χ0n) is 11.9. The first kappa shape index (κ1) is 13.1. The monoisotopic (exact) mass is 276 g/mol. The number of aryl methyl sites for hydroxylation is 1. The molecule has 0 spiro atoms. The third kappa shape index (κ3) is 2.30. The highest BCUT2D eigenvalue weighted by molar-refractivity contribution is 5.96. The first-order valence-electron chi connectivity index (χ1n) is 7.14. The Morgan fingerprint density at radius 3 is 2.75 bits per heavy atom. The first-order chi connectivity index (χ1) is 9.60. The van der Waals surface area contributed by atoms with E-state index in [1.807, 2.05) is 13.2 Å². The summed E-state index contributed by atoms with van der Waals surface area (Å²) in [5, 5.41) is 7.08. The van der Waals surface area contributed by atoms with Gasteiger partial charge in [-0.2, -0.15) is 5.10 Å². The van der Waals surface area contributed by atoms with Gasteiger partial charge in [-0.1, -0.05) is 0 Å². The molecule has 1 aliphatic carbocycles. The summed E-state index contributed by atoms with van der Waals surface area (Å²) in [5.74, 6) is 0.415. The summed E-state index contributed by atoms with van der Waals surface area (Å²) in [6, 6.07) is 0. The molecule has 0 bridgehead atoms. The molecule has 2 heterocycles. The minimum Gasteiger partial charge on any atom is -0.359 e. The number of carbonyl (C=O) groups is 2. The van der Waals surface area contributed by atoms with Crippen molar-refractivity contribution in [1.29, 1.82) is 0 Å². The van der Waals surface area contributed by atoms with Crippen LogP contribution in [0.3, 0.4) is 0 Å². The van der Waals surface area contributed by atoms with Crippen molar-refractivity contribution >= 4 is 11.8 Å². The number of hydrogen-bond donors (Lipinski definition) is 1. The second-order valence-electron chi connectivity index (χ2n) is 5.73. The lowest BCUT2D eigenvalue weighted by Gasteiger charge is -2.16. The molecule has 0 radical (unpaired) electrons. The van der Waals surface area contributed by atoms with Gasteiger partial charge in [0, 0.05) is 39.3 Å². The number of carbonyl (C=O) groups excluding carboxylic acids is 2. The normalized spacial score (nSPS) is 22.1. The molecular weight excluding hydrogens is 256 g/mol. The van der Waals surface area contributed by atoms with E-state index in [2.05, 4.69) is 10.4 Å². The number of aromatic nitrogens is 2. The van der Waals surface area contributed by atoms with Gasteiger partial charge in [-0.3, -0.25) is 14.3 Å². The Hall–Kier alpha value is -1.85. The van der Waals surface area contributed by atoms with Crippen molar-refractivity contribution in [3.63, 3.8) is 0 Å². The van der Waals surface area contributed by atoms with Crippen LogP contribution in [-0.2, 0) is 11.8 Å². The van der Waals surface area contributed by atoms with Crippen molar-refractivity contribution in [1.82, 2.24) is 20.0 Å². The summed E-state index contributed by atoms with van der Waals surface area (Å²) in [5.41, 5.74) is 1.65. The van der Waals surface area contributed by atoms with E-state index in [1.165, 1.54) is 0 Å². The molecule has 1 N–H and O–H groups in total. The molecule has 6 heteroatoms. The molecule has 1 atom stereocenters. The number of nitrogens with zero attached hydrogens (tertiary/aromatic N) is 3. The van der Waals surface area contributed by atoms with Gasteiger partial charge in [0.2, 0.25) is 5.91 Å². The van der Waals surface area contributed by atoms with Gasteiger partial charge in [-0.25, -0.2) is 0 Å². The van der Waals surface area contributed by atoms with Crippen LogP contribution in [-0.4, -0.2) is 46.6 Å². The third-order valence-electron chi connectivity index (χ3n) is 4.14. The molecule has 1 unspecified atom stereocenters. The topological polar surface area (TPSA) is 67.2 Å². The van der Waals surface area contributed by atoms with Gasteiger partial charge >= 0.3 is 0 Å². The number of likely N-dealkylation sites (tertiary alicyclic amines) is 1. The average molecular weight is 276 g/mol.